The van der Waals surface area contributed by atoms with Gasteiger partial charge >= 0.3 is 23.9 Å². The summed E-state index contributed by atoms with van der Waals surface area (Å²) in [6.07, 6.45) is 28.7. The highest BCUT2D eigenvalue weighted by Gasteiger charge is 2.28. The Kier molecular flexibility index (Phi) is 36.4. The first-order chi connectivity index (χ1) is 59.5. The number of fused-ring (bicyclic) bond motifs is 1. The highest BCUT2D eigenvalue weighted by molar-refractivity contribution is 7.99. The monoisotopic (exact) mass is 1730 g/mol. The molecule has 0 spiro atoms. The van der Waals surface area contributed by atoms with E-state index in [-0.39, 0.29) is 40.4 Å². The van der Waals surface area contributed by atoms with Gasteiger partial charge in [-0.05, 0) is 269 Å². The fraction of sp³-hybridized carbons (Fsp3) is 0.327. The van der Waals surface area contributed by atoms with Crippen molar-refractivity contribution in [3.63, 3.8) is 0 Å². The number of methoxy groups -OCH3 is 2. The number of carbonyl (C=O) groups is 7. The van der Waals surface area contributed by atoms with Crippen LogP contribution < -0.4 is 33.8 Å². The van der Waals surface area contributed by atoms with E-state index in [1.165, 1.54) is 115 Å². The summed E-state index contributed by atoms with van der Waals surface area (Å²) in [5, 5.41) is 50.3. The van der Waals surface area contributed by atoms with Gasteiger partial charge < -0.3 is 53.3 Å². The number of ether oxygens (including phenoxy) is 6. The van der Waals surface area contributed by atoms with Gasteiger partial charge in [-0.15, -0.1) is 0 Å². The van der Waals surface area contributed by atoms with Crippen LogP contribution in [-0.2, 0) is 19.2 Å². The first-order valence-electron chi connectivity index (χ1n) is 41.3. The van der Waals surface area contributed by atoms with E-state index in [1.807, 2.05) is 48.7 Å². The molecule has 123 heavy (non-hydrogen) atoms. The zero-order valence-corrected chi connectivity index (χ0v) is 71.5. The molecule has 0 saturated heterocycles. The number of benzene rings is 8. The van der Waals surface area contributed by atoms with Crippen molar-refractivity contribution in [2.24, 2.45) is 0 Å². The van der Waals surface area contributed by atoms with Crippen molar-refractivity contribution < 1.29 is 91.7 Å². The van der Waals surface area contributed by atoms with Gasteiger partial charge in [0.25, 0.3) is 5.69 Å². The SMILES string of the molecule is COc1ccc(C(=O)c2ccc(OC(CCC3=CCCCC3)C(=O)O)cc2)c(OC)c1.CSc1oc2cc(OC(CCC3=CCCCC3)C(=O)O)ccc2c(=O)c1-c1ccccc1.O=C(CC(=O)c1ccc(Cl)cc1OC(CCC1=CCCCC1)C(=O)O)c1ccccc1.O=C(O)C(CCC1=CCCCC1)Oc1ccc(Sc2ccc([N+](=O)[O-])cc2)cc1. The summed E-state index contributed by atoms with van der Waals surface area (Å²) in [7, 11) is 3.05. The molecule has 0 aliphatic heterocycles. The maximum atomic E-state index is 13.2. The molecule has 0 fully saturated rings. The minimum Gasteiger partial charge on any atom is -0.497 e. The van der Waals surface area contributed by atoms with E-state index in [4.69, 9.17) is 44.4 Å². The van der Waals surface area contributed by atoms with Gasteiger partial charge in [0, 0.05) is 50.2 Å². The van der Waals surface area contributed by atoms with E-state index in [0.717, 1.165) is 105 Å². The van der Waals surface area contributed by atoms with Crippen LogP contribution in [0, 0.1) is 10.1 Å². The molecule has 0 bridgehead atoms. The Bertz CT molecular complexity index is 5320. The fourth-order valence-corrected chi connectivity index (χ4v) is 16.1. The Hall–Kier alpha value is -12.0. The largest absolute Gasteiger partial charge is 0.497 e. The molecular formula is C98H102ClNO21S2. The maximum Gasteiger partial charge on any atom is 0.344 e. The van der Waals surface area contributed by atoms with Gasteiger partial charge in [0.1, 0.15) is 40.1 Å². The molecule has 4 aliphatic rings. The zero-order valence-electron chi connectivity index (χ0n) is 69.1. The topological polar surface area (TPSA) is 329 Å². The molecule has 25 heteroatoms. The number of hydrogen-bond donors (Lipinski definition) is 4. The summed E-state index contributed by atoms with van der Waals surface area (Å²) in [5.74, 6) is -2.57. The average molecular weight is 1730 g/mol. The molecule has 4 aliphatic carbocycles. The molecule has 9 aromatic rings. The lowest BCUT2D eigenvalue weighted by atomic mass is 9.95. The van der Waals surface area contributed by atoms with Gasteiger partial charge in [0.2, 0.25) is 5.43 Å². The normalized spacial score (nSPS) is 14.5. The molecule has 0 radical (unpaired) electrons. The van der Waals surface area contributed by atoms with Crippen LogP contribution in [0.15, 0.2) is 259 Å². The first kappa shape index (κ1) is 93.3. The van der Waals surface area contributed by atoms with E-state index in [1.54, 1.807) is 122 Å². The second-order valence-corrected chi connectivity index (χ2v) is 32.3. The minimum absolute atomic E-state index is 0.0572. The molecular weight excluding hydrogens is 1630 g/mol. The summed E-state index contributed by atoms with van der Waals surface area (Å²) in [4.78, 5) is 110. The number of carboxylic acid groups (broad SMARTS) is 4. The molecule has 22 nitrogen and oxygen atoms in total. The third-order valence-electron chi connectivity index (χ3n) is 21.3. The Balaban J connectivity index is 0.000000172. The molecule has 4 unspecified atom stereocenters. The van der Waals surface area contributed by atoms with Gasteiger partial charge in [0.15, 0.2) is 46.9 Å². The molecule has 0 saturated carbocycles. The number of rotatable bonds is 37. The second-order valence-electron chi connectivity index (χ2n) is 30.0. The fourth-order valence-electron chi connectivity index (χ4n) is 14.6. The summed E-state index contributed by atoms with van der Waals surface area (Å²) < 4.78 is 39.5. The molecule has 0 amide bonds. The quantitative estimate of drug-likeness (QED) is 0.00702. The maximum absolute atomic E-state index is 13.2. The minimum atomic E-state index is -1.11. The lowest BCUT2D eigenvalue weighted by molar-refractivity contribution is -0.384. The third kappa shape index (κ3) is 28.8. The number of carbonyl (C=O) groups excluding carboxylic acids is 3. The second kappa shape index (κ2) is 48.0. The zero-order chi connectivity index (χ0) is 87.6. The highest BCUT2D eigenvalue weighted by Crippen LogP contribution is 2.37. The van der Waals surface area contributed by atoms with Crippen molar-refractivity contribution in [3.05, 3.63) is 282 Å². The smallest absolute Gasteiger partial charge is 0.344 e. The van der Waals surface area contributed by atoms with Gasteiger partial charge in [-0.3, -0.25) is 29.3 Å². The molecule has 8 aromatic carbocycles. The Morgan fingerprint density at radius 2 is 0.902 bits per heavy atom. The third-order valence-corrected chi connectivity index (χ3v) is 23.2. The summed E-state index contributed by atoms with van der Waals surface area (Å²) in [5.41, 5.74) is 8.33. The van der Waals surface area contributed by atoms with Crippen LogP contribution in [-0.4, -0.2) is 111 Å². The lowest BCUT2D eigenvalue weighted by Gasteiger charge is -2.19. The van der Waals surface area contributed by atoms with Crippen molar-refractivity contribution in [2.75, 3.05) is 20.5 Å². The molecule has 1 aromatic heterocycles. The number of non-ortho nitro benzene ring substituents is 1. The standard InChI is InChI=1S/C26H26O5S.C25H25ClO5.C25H28O6.C22H23NO5S/c1-32-26-23(18-10-6-3-7-11-18)24(27)20-14-13-19(16-22(20)31-26)30-21(25(28)29)15-12-17-8-4-2-5-9-17;26-19-12-13-20(22(28)16-21(27)18-9-5-2-6-10-18)24(15-19)31-23(25(29)30)14-11-17-7-3-1-4-8-17;1-29-20-13-14-21(23(16-20)30-2)24(26)18-9-11-19(12-10-18)31-22(25(27)28)15-8-17-6-4-3-5-7-17;24-22(25)21(15-6-16-4-2-1-3-5-16)28-18-9-13-20(14-10-18)29-19-11-7-17(8-12-19)23(26)27/h3,6-8,10-11,13-14,16,21H,2,4-5,9,12,15H2,1H3,(H,28,29);2,5-7,9-10,12-13,15,23H,1,3-4,8,11,14,16H2,(H,29,30);6,9-14,16,22H,3-5,7-8,15H2,1-2H3,(H,27,28);4,7-14,21H,1-3,5-6,15H2,(H,24,25). The number of Topliss-reactive ketones (excluding diaryl/α,β-unsaturated/α-hetero) is 2. The molecule has 4 atom stereocenters. The van der Waals surface area contributed by atoms with Crippen LogP contribution in [0.4, 0.5) is 5.69 Å². The van der Waals surface area contributed by atoms with Gasteiger partial charge in [-0.2, -0.15) is 0 Å². The average Bonchev–Trinajstić information content (AvgIpc) is 0.769. The predicted molar refractivity (Wildman–Crippen MR) is 475 cm³/mol. The molecule has 644 valence electrons. The van der Waals surface area contributed by atoms with Crippen LogP contribution >= 0.6 is 35.1 Å². The van der Waals surface area contributed by atoms with Gasteiger partial charge in [-0.1, -0.05) is 142 Å². The highest BCUT2D eigenvalue weighted by atomic mass is 35.5. The van der Waals surface area contributed by atoms with Gasteiger partial charge in [-0.25, -0.2) is 19.2 Å². The molecule has 4 N–H and O–H groups in total. The van der Waals surface area contributed by atoms with E-state index < -0.39 is 59.0 Å². The van der Waals surface area contributed by atoms with E-state index >= 15 is 0 Å². The summed E-state index contributed by atoms with van der Waals surface area (Å²) in [6, 6.07) is 52.4. The first-order valence-corrected chi connectivity index (χ1v) is 43.7. The predicted octanol–water partition coefficient (Wildman–Crippen LogP) is 23.1. The number of hydrogen-bond acceptors (Lipinski definition) is 19. The van der Waals surface area contributed by atoms with Crippen LogP contribution in [0.1, 0.15) is 197 Å². The Morgan fingerprint density at radius 1 is 0.463 bits per heavy atom. The van der Waals surface area contributed by atoms with Crippen molar-refractivity contribution in [1.82, 2.24) is 0 Å². The van der Waals surface area contributed by atoms with E-state index in [2.05, 4.69) is 24.3 Å². The lowest BCUT2D eigenvalue weighted by Crippen LogP contribution is -2.28. The van der Waals surface area contributed by atoms with Crippen LogP contribution in [0.25, 0.3) is 22.1 Å². The van der Waals surface area contributed by atoms with Crippen LogP contribution in [0.2, 0.25) is 5.02 Å². The summed E-state index contributed by atoms with van der Waals surface area (Å²) >= 11 is 8.90. The van der Waals surface area contributed by atoms with Crippen molar-refractivity contribution in [1.29, 1.82) is 0 Å². The van der Waals surface area contributed by atoms with E-state index in [0.29, 0.717) is 104 Å². The van der Waals surface area contributed by atoms with Gasteiger partial charge in [0.05, 0.1) is 47.6 Å². The van der Waals surface area contributed by atoms with Crippen LogP contribution in [0.5, 0.6) is 34.5 Å². The number of nitrogens with zero attached hydrogens (tertiary/aromatic N) is 1. The number of thioether (sulfide) groups is 1. The number of ketones is 3. The van der Waals surface area contributed by atoms with Crippen molar-refractivity contribution in [3.8, 4) is 45.6 Å². The van der Waals surface area contributed by atoms with Crippen molar-refractivity contribution in [2.45, 2.75) is 200 Å². The Morgan fingerprint density at radius 3 is 1.35 bits per heavy atom. The molecule has 13 rings (SSSR count). The van der Waals surface area contributed by atoms with Crippen molar-refractivity contribution >= 4 is 93.0 Å². The van der Waals surface area contributed by atoms with Crippen LogP contribution in [0.3, 0.4) is 0 Å². The number of carboxylic acids is 4. The number of aliphatic carboxylic acids is 4. The number of halogens is 1. The Labute approximate surface area is 728 Å². The molecule has 1 heterocycles. The number of allylic oxidation sites excluding steroid dienone is 8. The van der Waals surface area contributed by atoms with E-state index in [9.17, 15) is 68.9 Å². The number of nitro benzene ring substituents is 1. The summed E-state index contributed by atoms with van der Waals surface area (Å²) in [6.45, 7) is 0. The number of nitro groups is 1.